The highest BCUT2D eigenvalue weighted by Gasteiger charge is 2.16. The molecule has 0 fully saturated rings. The minimum Gasteiger partial charge on any atom is -0.264 e. The Morgan fingerprint density at radius 1 is 1.30 bits per heavy atom. The molecule has 0 saturated heterocycles. The second-order valence-corrected chi connectivity index (χ2v) is 8.12. The first-order valence-electron chi connectivity index (χ1n) is 6.28. The van der Waals surface area contributed by atoms with Gasteiger partial charge in [0, 0.05) is 22.7 Å². The second-order valence-electron chi connectivity index (χ2n) is 5.36. The summed E-state index contributed by atoms with van der Waals surface area (Å²) in [6.45, 7) is 6.58. The predicted octanol–water partition coefficient (Wildman–Crippen LogP) is 3.28. The zero-order chi connectivity index (χ0) is 14.2. The first-order valence-corrected chi connectivity index (χ1v) is 8.09. The molecule has 104 valence electrons. The molecule has 0 unspecified atom stereocenters. The maximum atomic E-state index is 4.60. The van der Waals surface area contributed by atoms with Gasteiger partial charge in [0.05, 0.1) is 5.75 Å². The highest BCUT2D eigenvalue weighted by Crippen LogP contribution is 2.29. The lowest BCUT2D eigenvalue weighted by Gasteiger charge is -2.16. The van der Waals surface area contributed by atoms with E-state index in [9.17, 15) is 0 Å². The van der Waals surface area contributed by atoms with Crippen molar-refractivity contribution >= 4 is 28.1 Å². The zero-order valence-corrected chi connectivity index (χ0v) is 13.2. The van der Waals surface area contributed by atoms with Gasteiger partial charge in [0.25, 0.3) is 0 Å². The summed E-state index contributed by atoms with van der Waals surface area (Å²) < 4.78 is 2.04. The molecule has 0 bridgehead atoms. The SMILES string of the molecule is CC(C)(C)SCc1nnc2sc(-c3cccnc3)nn12. The van der Waals surface area contributed by atoms with Crippen LogP contribution in [0.25, 0.3) is 15.5 Å². The van der Waals surface area contributed by atoms with E-state index in [1.807, 2.05) is 34.6 Å². The zero-order valence-electron chi connectivity index (χ0n) is 11.6. The molecule has 0 aromatic carbocycles. The quantitative estimate of drug-likeness (QED) is 0.743. The van der Waals surface area contributed by atoms with E-state index in [1.54, 1.807) is 6.20 Å². The van der Waals surface area contributed by atoms with Gasteiger partial charge in [0.1, 0.15) is 5.01 Å². The van der Waals surface area contributed by atoms with E-state index in [0.29, 0.717) is 0 Å². The van der Waals surface area contributed by atoms with E-state index in [1.165, 1.54) is 11.3 Å². The molecule has 0 N–H and O–H groups in total. The summed E-state index contributed by atoms with van der Waals surface area (Å²) in [6, 6.07) is 3.91. The Morgan fingerprint density at radius 2 is 2.15 bits per heavy atom. The van der Waals surface area contributed by atoms with Gasteiger partial charge < -0.3 is 0 Å². The molecule has 0 saturated carbocycles. The lowest BCUT2D eigenvalue weighted by molar-refractivity contribution is 0.796. The lowest BCUT2D eigenvalue weighted by atomic mass is 10.3. The fraction of sp³-hybridized carbons (Fsp3) is 0.385. The molecular weight excluding hydrogens is 290 g/mol. The molecule has 5 nitrogen and oxygen atoms in total. The van der Waals surface area contributed by atoms with Crippen LogP contribution in [-0.4, -0.2) is 29.5 Å². The third-order valence-electron chi connectivity index (χ3n) is 2.60. The monoisotopic (exact) mass is 305 g/mol. The van der Waals surface area contributed by atoms with Crippen LogP contribution >= 0.6 is 23.1 Å². The summed E-state index contributed by atoms with van der Waals surface area (Å²) in [6.07, 6.45) is 3.57. The van der Waals surface area contributed by atoms with E-state index in [4.69, 9.17) is 0 Å². The number of fused-ring (bicyclic) bond motifs is 1. The summed E-state index contributed by atoms with van der Waals surface area (Å²) in [5.41, 5.74) is 1.01. The fourth-order valence-electron chi connectivity index (χ4n) is 1.63. The average Bonchev–Trinajstić information content (AvgIpc) is 2.96. The standard InChI is InChI=1S/C13H15N5S2/c1-13(2,3)19-8-10-15-16-12-18(10)17-11(20-12)9-5-4-6-14-7-9/h4-7H,8H2,1-3H3. The molecular formula is C13H15N5S2. The molecule has 3 heterocycles. The van der Waals surface area contributed by atoms with E-state index >= 15 is 0 Å². The maximum absolute atomic E-state index is 4.60. The van der Waals surface area contributed by atoms with Crippen molar-refractivity contribution in [2.24, 2.45) is 0 Å². The van der Waals surface area contributed by atoms with Crippen LogP contribution in [0.2, 0.25) is 0 Å². The van der Waals surface area contributed by atoms with E-state index in [0.717, 1.165) is 27.1 Å². The van der Waals surface area contributed by atoms with Crippen LogP contribution in [0.3, 0.4) is 0 Å². The van der Waals surface area contributed by atoms with Crippen LogP contribution < -0.4 is 0 Å². The molecule has 3 rings (SSSR count). The topological polar surface area (TPSA) is 56.0 Å². The molecule has 0 spiro atoms. The summed E-state index contributed by atoms with van der Waals surface area (Å²) in [5.74, 6) is 1.70. The first kappa shape index (κ1) is 13.5. The number of nitrogens with zero attached hydrogens (tertiary/aromatic N) is 5. The van der Waals surface area contributed by atoms with Gasteiger partial charge in [-0.2, -0.15) is 9.61 Å². The van der Waals surface area contributed by atoms with Gasteiger partial charge in [-0.05, 0) is 12.1 Å². The van der Waals surface area contributed by atoms with E-state index in [2.05, 4.69) is 41.1 Å². The minimum absolute atomic E-state index is 0.202. The van der Waals surface area contributed by atoms with Gasteiger partial charge >= 0.3 is 0 Å². The summed E-state index contributed by atoms with van der Waals surface area (Å²) in [7, 11) is 0. The third kappa shape index (κ3) is 2.83. The Labute approximate surface area is 125 Å². The van der Waals surface area contributed by atoms with Crippen LogP contribution in [0, 0.1) is 0 Å². The van der Waals surface area contributed by atoms with Crippen LogP contribution in [0.15, 0.2) is 24.5 Å². The maximum Gasteiger partial charge on any atom is 0.235 e. The minimum atomic E-state index is 0.202. The number of thioether (sulfide) groups is 1. The van der Waals surface area contributed by atoms with Crippen LogP contribution in [-0.2, 0) is 5.75 Å². The first-order chi connectivity index (χ1) is 9.53. The Balaban J connectivity index is 1.91. The van der Waals surface area contributed by atoms with Gasteiger partial charge in [0.2, 0.25) is 4.96 Å². The normalized spacial score (nSPS) is 12.2. The van der Waals surface area contributed by atoms with Crippen LogP contribution in [0.4, 0.5) is 0 Å². The highest BCUT2D eigenvalue weighted by atomic mass is 32.2. The molecule has 20 heavy (non-hydrogen) atoms. The van der Waals surface area contributed by atoms with Gasteiger partial charge in [-0.15, -0.1) is 22.0 Å². The Bertz CT molecular complexity index is 711. The van der Waals surface area contributed by atoms with Gasteiger partial charge in [-0.3, -0.25) is 4.98 Å². The fourth-order valence-corrected chi connectivity index (χ4v) is 3.22. The van der Waals surface area contributed by atoms with E-state index in [-0.39, 0.29) is 4.75 Å². The number of hydrogen-bond donors (Lipinski definition) is 0. The van der Waals surface area contributed by atoms with Crippen LogP contribution in [0.1, 0.15) is 26.6 Å². The molecule has 3 aromatic heterocycles. The smallest absolute Gasteiger partial charge is 0.235 e. The largest absolute Gasteiger partial charge is 0.264 e. The predicted molar refractivity (Wildman–Crippen MR) is 82.9 cm³/mol. The third-order valence-corrected chi connectivity index (χ3v) is 4.81. The second kappa shape index (κ2) is 5.14. The van der Waals surface area contributed by atoms with Gasteiger partial charge in [-0.1, -0.05) is 32.1 Å². The van der Waals surface area contributed by atoms with Crippen molar-refractivity contribution in [1.82, 2.24) is 24.8 Å². The van der Waals surface area contributed by atoms with Gasteiger partial charge in [-0.25, -0.2) is 0 Å². The summed E-state index contributed by atoms with van der Waals surface area (Å²) >= 11 is 3.37. The molecule has 3 aromatic rings. The Morgan fingerprint density at radius 3 is 2.85 bits per heavy atom. The van der Waals surface area contributed by atoms with Crippen LogP contribution in [0.5, 0.6) is 0 Å². The van der Waals surface area contributed by atoms with Crippen molar-refractivity contribution in [3.63, 3.8) is 0 Å². The summed E-state index contributed by atoms with van der Waals surface area (Å²) in [5, 5.41) is 13.9. The Hall–Kier alpha value is -1.47. The molecule has 0 aliphatic heterocycles. The molecule has 0 radical (unpaired) electrons. The lowest BCUT2D eigenvalue weighted by Crippen LogP contribution is -2.08. The molecule has 7 heteroatoms. The number of pyridine rings is 1. The van der Waals surface area contributed by atoms with Crippen molar-refractivity contribution in [1.29, 1.82) is 0 Å². The van der Waals surface area contributed by atoms with Gasteiger partial charge in [0.15, 0.2) is 5.82 Å². The highest BCUT2D eigenvalue weighted by molar-refractivity contribution is 7.99. The summed E-state index contributed by atoms with van der Waals surface area (Å²) in [4.78, 5) is 4.95. The van der Waals surface area contributed by atoms with Crippen molar-refractivity contribution in [3.05, 3.63) is 30.4 Å². The number of rotatable bonds is 3. The molecule has 0 atom stereocenters. The Kier molecular flexibility index (Phi) is 3.47. The molecule has 0 amide bonds. The van der Waals surface area contributed by atoms with Crippen molar-refractivity contribution in [2.75, 3.05) is 0 Å². The van der Waals surface area contributed by atoms with Crippen molar-refractivity contribution < 1.29 is 0 Å². The van der Waals surface area contributed by atoms with E-state index < -0.39 is 0 Å². The number of hydrogen-bond acceptors (Lipinski definition) is 6. The molecule has 0 aliphatic carbocycles. The molecule has 0 aliphatic rings. The number of aromatic nitrogens is 5. The van der Waals surface area contributed by atoms with Crippen molar-refractivity contribution in [2.45, 2.75) is 31.3 Å². The van der Waals surface area contributed by atoms with Crippen molar-refractivity contribution in [3.8, 4) is 10.6 Å². The average molecular weight is 305 g/mol.